The van der Waals surface area contributed by atoms with Crippen LogP contribution in [-0.4, -0.2) is 51.7 Å². The summed E-state index contributed by atoms with van der Waals surface area (Å²) in [6, 6.07) is 4.68. The molecular weight excluding hydrogens is 312 g/mol. The second-order valence-electron chi connectivity index (χ2n) is 6.53. The molecule has 1 fully saturated rings. The van der Waals surface area contributed by atoms with Gasteiger partial charge in [-0.3, -0.25) is 4.79 Å². The summed E-state index contributed by atoms with van der Waals surface area (Å²) in [5.74, 6) is 0.584. The molecule has 1 aliphatic heterocycles. The maximum Gasteiger partial charge on any atom is 0.251 e. The lowest BCUT2D eigenvalue weighted by Crippen LogP contribution is -2.39. The average molecular weight is 338 g/mol. The number of likely N-dealkylation sites (tertiary alicyclic amines) is 1. The first kappa shape index (κ1) is 17.9. The molecule has 1 aliphatic rings. The minimum atomic E-state index is -3.31. The lowest BCUT2D eigenvalue weighted by molar-refractivity contribution is 0.0943. The van der Waals surface area contributed by atoms with Gasteiger partial charge in [0, 0.05) is 24.9 Å². The molecule has 1 heterocycles. The fourth-order valence-corrected chi connectivity index (χ4v) is 3.43. The van der Waals surface area contributed by atoms with E-state index < -0.39 is 9.84 Å². The van der Waals surface area contributed by atoms with Crippen LogP contribution in [0, 0.1) is 12.8 Å². The SMILES string of the molecule is Cc1ccc(S(C)(=O)=O)cc1C(=O)NCCN1CCC(C)CC1. The van der Waals surface area contributed by atoms with E-state index in [-0.39, 0.29) is 10.8 Å². The van der Waals surface area contributed by atoms with E-state index in [2.05, 4.69) is 17.1 Å². The number of aryl methyl sites for hydroxylation is 1. The van der Waals surface area contributed by atoms with Gasteiger partial charge in [-0.1, -0.05) is 13.0 Å². The molecule has 0 saturated carbocycles. The Morgan fingerprint density at radius 1 is 1.30 bits per heavy atom. The quantitative estimate of drug-likeness (QED) is 0.890. The third-order valence-corrected chi connectivity index (χ3v) is 5.58. The van der Waals surface area contributed by atoms with Gasteiger partial charge in [0.2, 0.25) is 0 Å². The Morgan fingerprint density at radius 2 is 1.96 bits per heavy atom. The molecule has 2 rings (SSSR count). The van der Waals surface area contributed by atoms with Crippen LogP contribution in [0.5, 0.6) is 0 Å². The van der Waals surface area contributed by atoms with Gasteiger partial charge in [0.1, 0.15) is 0 Å². The summed E-state index contributed by atoms with van der Waals surface area (Å²) in [5, 5.41) is 2.90. The topological polar surface area (TPSA) is 66.5 Å². The van der Waals surface area contributed by atoms with Gasteiger partial charge in [0.05, 0.1) is 4.90 Å². The van der Waals surface area contributed by atoms with Crippen LogP contribution >= 0.6 is 0 Å². The van der Waals surface area contributed by atoms with Crippen LogP contribution in [-0.2, 0) is 9.84 Å². The molecular formula is C17H26N2O3S. The highest BCUT2D eigenvalue weighted by Gasteiger charge is 2.17. The van der Waals surface area contributed by atoms with Crippen LogP contribution < -0.4 is 5.32 Å². The van der Waals surface area contributed by atoms with Crippen molar-refractivity contribution in [2.75, 3.05) is 32.4 Å². The molecule has 0 unspecified atom stereocenters. The van der Waals surface area contributed by atoms with Crippen molar-refractivity contribution in [1.29, 1.82) is 0 Å². The molecule has 0 atom stereocenters. The predicted molar refractivity (Wildman–Crippen MR) is 91.5 cm³/mol. The van der Waals surface area contributed by atoms with Gasteiger partial charge in [0.15, 0.2) is 9.84 Å². The number of rotatable bonds is 5. The van der Waals surface area contributed by atoms with Crippen molar-refractivity contribution in [3.8, 4) is 0 Å². The van der Waals surface area contributed by atoms with E-state index in [0.29, 0.717) is 12.1 Å². The number of hydrogen-bond donors (Lipinski definition) is 1. The maximum absolute atomic E-state index is 12.3. The highest BCUT2D eigenvalue weighted by Crippen LogP contribution is 2.16. The highest BCUT2D eigenvalue weighted by molar-refractivity contribution is 7.90. The molecule has 1 aromatic carbocycles. The van der Waals surface area contributed by atoms with Crippen molar-refractivity contribution < 1.29 is 13.2 Å². The molecule has 0 aliphatic carbocycles. The number of nitrogens with zero attached hydrogens (tertiary/aromatic N) is 1. The van der Waals surface area contributed by atoms with E-state index in [1.54, 1.807) is 6.07 Å². The van der Waals surface area contributed by atoms with Crippen LogP contribution in [0.4, 0.5) is 0 Å². The minimum Gasteiger partial charge on any atom is -0.351 e. The van der Waals surface area contributed by atoms with Gasteiger partial charge in [-0.25, -0.2) is 8.42 Å². The summed E-state index contributed by atoms with van der Waals surface area (Å²) < 4.78 is 23.3. The second kappa shape index (κ2) is 7.45. The number of hydrogen-bond acceptors (Lipinski definition) is 4. The van der Waals surface area contributed by atoms with Gasteiger partial charge >= 0.3 is 0 Å². The summed E-state index contributed by atoms with van der Waals surface area (Å²) in [4.78, 5) is 14.9. The fourth-order valence-electron chi connectivity index (χ4n) is 2.78. The maximum atomic E-state index is 12.3. The van der Waals surface area contributed by atoms with E-state index in [0.717, 1.165) is 37.4 Å². The molecule has 5 nitrogen and oxygen atoms in total. The van der Waals surface area contributed by atoms with Crippen LogP contribution in [0.2, 0.25) is 0 Å². The van der Waals surface area contributed by atoms with Gasteiger partial charge in [0.25, 0.3) is 5.91 Å². The van der Waals surface area contributed by atoms with Crippen molar-refractivity contribution in [2.45, 2.75) is 31.6 Å². The summed E-state index contributed by atoms with van der Waals surface area (Å²) in [7, 11) is -3.31. The average Bonchev–Trinajstić information content (AvgIpc) is 2.48. The molecule has 1 amide bonds. The van der Waals surface area contributed by atoms with Crippen LogP contribution in [0.3, 0.4) is 0 Å². The van der Waals surface area contributed by atoms with Crippen molar-refractivity contribution in [1.82, 2.24) is 10.2 Å². The molecule has 0 radical (unpaired) electrons. The molecule has 6 heteroatoms. The third kappa shape index (κ3) is 5.04. The number of carbonyl (C=O) groups is 1. The first-order chi connectivity index (χ1) is 10.8. The molecule has 23 heavy (non-hydrogen) atoms. The number of benzene rings is 1. The van der Waals surface area contributed by atoms with E-state index in [1.165, 1.54) is 25.0 Å². The van der Waals surface area contributed by atoms with Crippen molar-refractivity contribution >= 4 is 15.7 Å². The number of sulfone groups is 1. The largest absolute Gasteiger partial charge is 0.351 e. The highest BCUT2D eigenvalue weighted by atomic mass is 32.2. The number of piperidine rings is 1. The Kier molecular flexibility index (Phi) is 5.81. The Morgan fingerprint density at radius 3 is 2.57 bits per heavy atom. The fraction of sp³-hybridized carbons (Fsp3) is 0.588. The zero-order chi connectivity index (χ0) is 17.0. The Bertz CT molecular complexity index is 662. The third-order valence-electron chi connectivity index (χ3n) is 4.47. The molecule has 1 saturated heterocycles. The van der Waals surface area contributed by atoms with Crippen molar-refractivity contribution in [3.63, 3.8) is 0 Å². The summed E-state index contributed by atoms with van der Waals surface area (Å²) in [5.41, 5.74) is 1.21. The molecule has 1 aromatic rings. The lowest BCUT2D eigenvalue weighted by atomic mass is 9.99. The molecule has 128 valence electrons. The van der Waals surface area contributed by atoms with Gasteiger partial charge in [-0.2, -0.15) is 0 Å². The van der Waals surface area contributed by atoms with Gasteiger partial charge in [-0.15, -0.1) is 0 Å². The monoisotopic (exact) mass is 338 g/mol. The molecule has 0 aromatic heterocycles. The molecule has 0 bridgehead atoms. The van der Waals surface area contributed by atoms with Crippen LogP contribution in [0.25, 0.3) is 0 Å². The van der Waals surface area contributed by atoms with Crippen LogP contribution in [0.1, 0.15) is 35.7 Å². The predicted octanol–water partition coefficient (Wildman–Crippen LogP) is 1.86. The van der Waals surface area contributed by atoms with Gasteiger partial charge < -0.3 is 10.2 Å². The first-order valence-corrected chi connectivity index (χ1v) is 9.98. The van der Waals surface area contributed by atoms with Crippen molar-refractivity contribution in [3.05, 3.63) is 29.3 Å². The normalized spacial score (nSPS) is 17.2. The van der Waals surface area contributed by atoms with E-state index in [9.17, 15) is 13.2 Å². The first-order valence-electron chi connectivity index (χ1n) is 8.08. The summed E-state index contributed by atoms with van der Waals surface area (Å²) in [6.45, 7) is 7.67. The summed E-state index contributed by atoms with van der Waals surface area (Å²) >= 11 is 0. The molecule has 1 N–H and O–H groups in total. The van der Waals surface area contributed by atoms with E-state index in [4.69, 9.17) is 0 Å². The Hall–Kier alpha value is -1.40. The number of carbonyl (C=O) groups excluding carboxylic acids is 1. The zero-order valence-corrected chi connectivity index (χ0v) is 14.9. The summed E-state index contributed by atoms with van der Waals surface area (Å²) in [6.07, 6.45) is 3.57. The lowest BCUT2D eigenvalue weighted by Gasteiger charge is -2.30. The van der Waals surface area contributed by atoms with Gasteiger partial charge in [-0.05, 0) is 56.5 Å². The standard InChI is InChI=1S/C17H26N2O3S/c1-13-6-9-19(10-7-13)11-8-18-17(20)16-12-15(23(3,21)22)5-4-14(16)2/h4-5,12-13H,6-11H2,1-3H3,(H,18,20). The Labute approximate surface area is 139 Å². The number of amides is 1. The van der Waals surface area contributed by atoms with E-state index >= 15 is 0 Å². The van der Waals surface area contributed by atoms with Crippen molar-refractivity contribution in [2.24, 2.45) is 5.92 Å². The number of nitrogens with one attached hydrogen (secondary N) is 1. The van der Waals surface area contributed by atoms with Crippen LogP contribution in [0.15, 0.2) is 23.1 Å². The second-order valence-corrected chi connectivity index (χ2v) is 8.54. The molecule has 0 spiro atoms. The minimum absolute atomic E-state index is 0.179. The zero-order valence-electron chi connectivity index (χ0n) is 14.1. The van der Waals surface area contributed by atoms with E-state index in [1.807, 2.05) is 6.92 Å². The smallest absolute Gasteiger partial charge is 0.251 e. The Balaban J connectivity index is 1.93.